The fraction of sp³-hybridized carbons (Fsp3) is 0.182. The van der Waals surface area contributed by atoms with Crippen molar-refractivity contribution >= 4 is 33.3 Å². The number of benzene rings is 1. The zero-order valence-electron chi connectivity index (χ0n) is 9.60. The first-order chi connectivity index (χ1) is 8.45. The lowest BCUT2D eigenvalue weighted by molar-refractivity contribution is -0.384. The number of nitro benzene ring substituents is 1. The number of esters is 1. The number of rotatable bonds is 5. The van der Waals surface area contributed by atoms with Crippen molar-refractivity contribution in [2.75, 3.05) is 19.0 Å². The second-order valence-electron chi connectivity index (χ2n) is 3.35. The van der Waals surface area contributed by atoms with Gasteiger partial charge in [0.05, 0.1) is 17.6 Å². The van der Waals surface area contributed by atoms with E-state index in [1.54, 1.807) is 0 Å². The van der Waals surface area contributed by atoms with E-state index < -0.39 is 10.9 Å². The Morgan fingerprint density at radius 1 is 1.61 bits per heavy atom. The number of nitrogens with one attached hydrogen (secondary N) is 1. The number of methoxy groups -OCH3 is 1. The maximum absolute atomic E-state index is 11.3. The molecular weight excluding hydrogens is 304 g/mol. The Kier molecular flexibility index (Phi) is 4.85. The van der Waals surface area contributed by atoms with Gasteiger partial charge in [-0.05, 0) is 12.1 Å². The van der Waals surface area contributed by atoms with Gasteiger partial charge >= 0.3 is 5.97 Å². The number of nitro groups is 1. The summed E-state index contributed by atoms with van der Waals surface area (Å²) < 4.78 is 5.19. The second kappa shape index (κ2) is 6.15. The molecule has 0 unspecified atom stereocenters. The van der Waals surface area contributed by atoms with Gasteiger partial charge in [0.1, 0.15) is 5.69 Å². The first-order valence-electron chi connectivity index (χ1n) is 4.89. The highest BCUT2D eigenvalue weighted by atomic mass is 79.9. The summed E-state index contributed by atoms with van der Waals surface area (Å²) in [6.07, 6.45) is 0. The van der Waals surface area contributed by atoms with Crippen molar-refractivity contribution in [1.82, 2.24) is 0 Å². The van der Waals surface area contributed by atoms with Gasteiger partial charge in [-0.1, -0.05) is 22.5 Å². The van der Waals surface area contributed by atoms with Gasteiger partial charge in [-0.25, -0.2) is 4.79 Å². The normalized spacial score (nSPS) is 9.67. The van der Waals surface area contributed by atoms with E-state index in [1.165, 1.54) is 25.3 Å². The van der Waals surface area contributed by atoms with Crippen molar-refractivity contribution in [3.8, 4) is 0 Å². The van der Waals surface area contributed by atoms with Crippen LogP contribution in [0.2, 0.25) is 0 Å². The SMILES string of the molecule is C=C(Br)CNc1cc(C(=O)OC)ccc1[N+](=O)[O-]. The molecular formula is C11H11BrN2O4. The molecule has 0 atom stereocenters. The lowest BCUT2D eigenvalue weighted by Crippen LogP contribution is -2.07. The molecule has 0 saturated carbocycles. The molecule has 0 saturated heterocycles. The van der Waals surface area contributed by atoms with E-state index in [9.17, 15) is 14.9 Å². The maximum Gasteiger partial charge on any atom is 0.337 e. The summed E-state index contributed by atoms with van der Waals surface area (Å²) in [6.45, 7) is 3.92. The van der Waals surface area contributed by atoms with Crippen molar-refractivity contribution in [1.29, 1.82) is 0 Å². The molecule has 7 heteroatoms. The predicted molar refractivity (Wildman–Crippen MR) is 71.0 cm³/mol. The third-order valence-electron chi connectivity index (χ3n) is 2.09. The Morgan fingerprint density at radius 2 is 2.28 bits per heavy atom. The van der Waals surface area contributed by atoms with Crippen molar-refractivity contribution in [2.45, 2.75) is 0 Å². The maximum atomic E-state index is 11.3. The van der Waals surface area contributed by atoms with Crippen LogP contribution < -0.4 is 5.32 Å². The average molecular weight is 315 g/mol. The van der Waals surface area contributed by atoms with Crippen LogP contribution in [0.5, 0.6) is 0 Å². The molecule has 0 aliphatic rings. The Hall–Kier alpha value is -1.89. The van der Waals surface area contributed by atoms with E-state index in [0.717, 1.165) is 0 Å². The van der Waals surface area contributed by atoms with E-state index >= 15 is 0 Å². The zero-order chi connectivity index (χ0) is 13.7. The van der Waals surface area contributed by atoms with E-state index in [1.807, 2.05) is 0 Å². The van der Waals surface area contributed by atoms with Crippen LogP contribution in [-0.2, 0) is 4.74 Å². The number of hydrogen-bond acceptors (Lipinski definition) is 5. The zero-order valence-corrected chi connectivity index (χ0v) is 11.2. The van der Waals surface area contributed by atoms with E-state index in [2.05, 4.69) is 32.6 Å². The summed E-state index contributed by atoms with van der Waals surface area (Å²) in [4.78, 5) is 21.6. The molecule has 1 rings (SSSR count). The molecule has 0 bridgehead atoms. The molecule has 18 heavy (non-hydrogen) atoms. The predicted octanol–water partition coefficient (Wildman–Crippen LogP) is 2.70. The monoisotopic (exact) mass is 314 g/mol. The highest BCUT2D eigenvalue weighted by Gasteiger charge is 2.16. The molecule has 0 aliphatic carbocycles. The largest absolute Gasteiger partial charge is 0.465 e. The number of carbonyl (C=O) groups excluding carboxylic acids is 1. The molecule has 6 nitrogen and oxygen atoms in total. The van der Waals surface area contributed by atoms with E-state index in [4.69, 9.17) is 0 Å². The van der Waals surface area contributed by atoms with Gasteiger partial charge in [-0.2, -0.15) is 0 Å². The van der Waals surface area contributed by atoms with E-state index in [-0.39, 0.29) is 16.9 Å². The number of ether oxygens (including phenoxy) is 1. The van der Waals surface area contributed by atoms with Crippen LogP contribution in [0.1, 0.15) is 10.4 Å². The van der Waals surface area contributed by atoms with Crippen molar-refractivity contribution < 1.29 is 14.5 Å². The third kappa shape index (κ3) is 3.56. The Labute approximate surface area is 112 Å². The molecule has 0 spiro atoms. The van der Waals surface area contributed by atoms with Gasteiger partial charge < -0.3 is 10.1 Å². The smallest absolute Gasteiger partial charge is 0.337 e. The summed E-state index contributed by atoms with van der Waals surface area (Å²) in [5.41, 5.74) is 0.366. The van der Waals surface area contributed by atoms with Gasteiger partial charge in [0, 0.05) is 17.1 Å². The minimum absolute atomic E-state index is 0.114. The van der Waals surface area contributed by atoms with Crippen LogP contribution in [0.4, 0.5) is 11.4 Å². The first kappa shape index (κ1) is 14.2. The number of halogens is 1. The lowest BCUT2D eigenvalue weighted by atomic mass is 10.1. The number of hydrogen-bond donors (Lipinski definition) is 1. The van der Waals surface area contributed by atoms with Crippen molar-refractivity contribution in [3.05, 3.63) is 44.9 Å². The van der Waals surface area contributed by atoms with Crippen LogP contribution in [0.3, 0.4) is 0 Å². The number of carbonyl (C=O) groups is 1. The van der Waals surface area contributed by atoms with Gasteiger partial charge in [-0.3, -0.25) is 10.1 Å². The lowest BCUT2D eigenvalue weighted by Gasteiger charge is -2.07. The summed E-state index contributed by atoms with van der Waals surface area (Å²) in [6, 6.07) is 3.98. The third-order valence-corrected chi connectivity index (χ3v) is 2.37. The minimum Gasteiger partial charge on any atom is -0.465 e. The average Bonchev–Trinajstić information content (AvgIpc) is 2.34. The summed E-state index contributed by atoms with van der Waals surface area (Å²) in [5, 5.41) is 13.6. The molecule has 0 radical (unpaired) electrons. The Morgan fingerprint density at radius 3 is 2.78 bits per heavy atom. The van der Waals surface area contributed by atoms with Crippen LogP contribution >= 0.6 is 15.9 Å². The van der Waals surface area contributed by atoms with Crippen LogP contribution in [0.15, 0.2) is 29.3 Å². The molecule has 96 valence electrons. The fourth-order valence-corrected chi connectivity index (χ4v) is 1.41. The van der Waals surface area contributed by atoms with Gasteiger partial charge in [-0.15, -0.1) is 0 Å². The van der Waals surface area contributed by atoms with Crippen LogP contribution in [0, 0.1) is 10.1 Å². The summed E-state index contributed by atoms with van der Waals surface area (Å²) in [7, 11) is 1.25. The van der Waals surface area contributed by atoms with Crippen LogP contribution in [-0.4, -0.2) is 24.5 Å². The minimum atomic E-state index is -0.550. The molecule has 0 fully saturated rings. The highest BCUT2D eigenvalue weighted by molar-refractivity contribution is 9.11. The fourth-order valence-electron chi connectivity index (χ4n) is 1.27. The Bertz CT molecular complexity index is 502. The second-order valence-corrected chi connectivity index (χ2v) is 4.47. The molecule has 0 amide bonds. The molecule has 1 aromatic rings. The molecule has 1 N–H and O–H groups in total. The summed E-state index contributed by atoms with van der Waals surface area (Å²) >= 11 is 3.14. The van der Waals surface area contributed by atoms with Gasteiger partial charge in [0.2, 0.25) is 0 Å². The van der Waals surface area contributed by atoms with Crippen LogP contribution in [0.25, 0.3) is 0 Å². The topological polar surface area (TPSA) is 81.5 Å². The standard InChI is InChI=1S/C11H11BrN2O4/c1-7(12)6-13-9-5-8(11(15)18-2)3-4-10(9)14(16)17/h3-5,13H,1,6H2,2H3. The molecule has 1 aromatic carbocycles. The molecule has 0 aromatic heterocycles. The van der Waals surface area contributed by atoms with E-state index in [0.29, 0.717) is 11.0 Å². The summed E-state index contributed by atoms with van der Waals surface area (Å²) in [5.74, 6) is -0.550. The Balaban J connectivity index is 3.11. The first-order valence-corrected chi connectivity index (χ1v) is 5.69. The molecule has 0 aliphatic heterocycles. The highest BCUT2D eigenvalue weighted by Crippen LogP contribution is 2.26. The number of anilines is 1. The van der Waals surface area contributed by atoms with Gasteiger partial charge in [0.25, 0.3) is 5.69 Å². The number of nitrogens with zero attached hydrogens (tertiary/aromatic N) is 1. The van der Waals surface area contributed by atoms with Crippen molar-refractivity contribution in [3.63, 3.8) is 0 Å². The molecule has 0 heterocycles. The van der Waals surface area contributed by atoms with Crippen molar-refractivity contribution in [2.24, 2.45) is 0 Å². The quantitative estimate of drug-likeness (QED) is 0.513. The van der Waals surface area contributed by atoms with Gasteiger partial charge in [0.15, 0.2) is 0 Å².